The molecule has 0 aromatic heterocycles. The zero-order valence-corrected chi connectivity index (χ0v) is 6.11. The molecule has 4 heteroatoms. The maximum absolute atomic E-state index is 10.4. The van der Waals surface area contributed by atoms with Crippen molar-refractivity contribution >= 4 is 7.52 Å². The molecule has 0 radical (unpaired) electrons. The van der Waals surface area contributed by atoms with Crippen LogP contribution in [-0.4, -0.2) is 18.1 Å². The minimum absolute atomic E-state index is 0.615. The molecule has 0 heterocycles. The van der Waals surface area contributed by atoms with Gasteiger partial charge in [0.05, 0.1) is 0 Å². The number of hydrogen-bond donors (Lipinski definition) is 2. The second-order valence-corrected chi connectivity index (χ2v) is 3.86. The molecule has 1 atom stereocenters. The second-order valence-electron chi connectivity index (χ2n) is 1.79. The molecule has 50 valence electrons. The highest BCUT2D eigenvalue weighted by atomic mass is 31.2. The van der Waals surface area contributed by atoms with Crippen LogP contribution in [0, 0.1) is 0 Å². The molecular weight excluding hydrogens is 125 g/mol. The summed E-state index contributed by atoms with van der Waals surface area (Å²) in [4.78, 5) is 8.59. The molecule has 0 spiro atoms. The summed E-state index contributed by atoms with van der Waals surface area (Å²) < 4.78 is 10.4. The van der Waals surface area contributed by atoms with Gasteiger partial charge in [-0.25, -0.2) is 5.09 Å². The van der Waals surface area contributed by atoms with Crippen LogP contribution in [0.1, 0.15) is 13.3 Å². The van der Waals surface area contributed by atoms with Gasteiger partial charge in [-0.3, -0.25) is 4.57 Å². The van der Waals surface area contributed by atoms with Crippen molar-refractivity contribution in [3.8, 4) is 0 Å². The molecule has 0 aliphatic heterocycles. The second kappa shape index (κ2) is 3.23. The van der Waals surface area contributed by atoms with Gasteiger partial charge in [0.1, 0.15) is 0 Å². The van der Waals surface area contributed by atoms with Gasteiger partial charge in [0, 0.05) is 13.2 Å². The Bertz CT molecular complexity index is 98.2. The molecule has 0 saturated heterocycles. The summed E-state index contributed by atoms with van der Waals surface area (Å²) in [6.07, 6.45) is 0.887. The highest BCUT2D eigenvalue weighted by molar-refractivity contribution is 7.54. The van der Waals surface area contributed by atoms with E-state index >= 15 is 0 Å². The van der Waals surface area contributed by atoms with Gasteiger partial charge in [0.25, 0.3) is 7.52 Å². The molecule has 0 aliphatic carbocycles. The van der Waals surface area contributed by atoms with Crippen molar-refractivity contribution in [1.82, 2.24) is 5.09 Å². The van der Waals surface area contributed by atoms with E-state index in [-0.39, 0.29) is 0 Å². The quantitative estimate of drug-likeness (QED) is 0.565. The van der Waals surface area contributed by atoms with Crippen LogP contribution < -0.4 is 5.09 Å². The Kier molecular flexibility index (Phi) is 3.29. The van der Waals surface area contributed by atoms with Crippen molar-refractivity contribution in [3.05, 3.63) is 0 Å². The SMILES string of the molecule is CCCNP(C)(=O)O. The monoisotopic (exact) mass is 137 g/mol. The average Bonchev–Trinajstić information content (AvgIpc) is 1.59. The maximum Gasteiger partial charge on any atom is 0.264 e. The first-order valence-corrected chi connectivity index (χ1v) is 4.72. The first-order valence-electron chi connectivity index (χ1n) is 2.61. The van der Waals surface area contributed by atoms with Crippen molar-refractivity contribution < 1.29 is 9.46 Å². The third-order valence-electron chi connectivity index (χ3n) is 0.655. The third kappa shape index (κ3) is 6.15. The van der Waals surface area contributed by atoms with E-state index in [1.54, 1.807) is 0 Å². The van der Waals surface area contributed by atoms with Gasteiger partial charge in [-0.05, 0) is 6.42 Å². The highest BCUT2D eigenvalue weighted by Crippen LogP contribution is 2.27. The maximum atomic E-state index is 10.4. The highest BCUT2D eigenvalue weighted by Gasteiger charge is 2.04. The molecule has 0 aromatic carbocycles. The molecule has 0 saturated carbocycles. The molecule has 8 heavy (non-hydrogen) atoms. The Morgan fingerprint density at radius 3 is 2.38 bits per heavy atom. The molecule has 0 bridgehead atoms. The van der Waals surface area contributed by atoms with Crippen LogP contribution in [-0.2, 0) is 4.57 Å². The Labute approximate surface area is 49.6 Å². The van der Waals surface area contributed by atoms with Crippen LogP contribution in [0.2, 0.25) is 0 Å². The van der Waals surface area contributed by atoms with E-state index in [1.165, 1.54) is 6.66 Å². The Balaban J connectivity index is 3.26. The minimum Gasteiger partial charge on any atom is -0.333 e. The van der Waals surface area contributed by atoms with Crippen LogP contribution >= 0.6 is 7.52 Å². The van der Waals surface area contributed by atoms with Crippen molar-refractivity contribution in [2.75, 3.05) is 13.2 Å². The predicted molar refractivity (Wildman–Crippen MR) is 34.0 cm³/mol. The van der Waals surface area contributed by atoms with Gasteiger partial charge < -0.3 is 4.89 Å². The first-order chi connectivity index (χ1) is 3.56. The normalized spacial score (nSPS) is 17.9. The summed E-state index contributed by atoms with van der Waals surface area (Å²) in [7, 11) is -2.93. The minimum atomic E-state index is -2.93. The lowest BCUT2D eigenvalue weighted by Crippen LogP contribution is -2.09. The van der Waals surface area contributed by atoms with Gasteiger partial charge in [-0.15, -0.1) is 0 Å². The standard InChI is InChI=1S/C4H12NO2P/c1-3-4-5-8(2,6)7/h3-4H2,1-2H3,(H2,5,6,7). The fourth-order valence-corrected chi connectivity index (χ4v) is 0.958. The molecule has 3 nitrogen and oxygen atoms in total. The van der Waals surface area contributed by atoms with Crippen molar-refractivity contribution in [2.24, 2.45) is 0 Å². The summed E-state index contributed by atoms with van der Waals surface area (Å²) in [5.74, 6) is 0. The summed E-state index contributed by atoms with van der Waals surface area (Å²) >= 11 is 0. The molecule has 2 N–H and O–H groups in total. The Hall–Kier alpha value is 0.150. The van der Waals surface area contributed by atoms with Gasteiger partial charge >= 0.3 is 0 Å². The number of hydrogen-bond acceptors (Lipinski definition) is 1. The predicted octanol–water partition coefficient (Wildman–Crippen LogP) is 0.801. The van der Waals surface area contributed by atoms with E-state index in [1.807, 2.05) is 6.92 Å². The molecule has 1 unspecified atom stereocenters. The van der Waals surface area contributed by atoms with Crippen molar-refractivity contribution in [3.63, 3.8) is 0 Å². The summed E-state index contributed by atoms with van der Waals surface area (Å²) in [5, 5.41) is 2.48. The van der Waals surface area contributed by atoms with Crippen LogP contribution in [0.4, 0.5) is 0 Å². The van der Waals surface area contributed by atoms with Crippen molar-refractivity contribution in [2.45, 2.75) is 13.3 Å². The number of rotatable bonds is 3. The van der Waals surface area contributed by atoms with Gasteiger partial charge in [0.2, 0.25) is 0 Å². The molecule has 0 aliphatic rings. The van der Waals surface area contributed by atoms with E-state index in [9.17, 15) is 4.57 Å². The molecule has 0 rings (SSSR count). The lowest BCUT2D eigenvalue weighted by molar-refractivity contribution is 0.470. The fourth-order valence-electron chi connectivity index (χ4n) is 0.319. The van der Waals surface area contributed by atoms with Crippen LogP contribution in [0.5, 0.6) is 0 Å². The van der Waals surface area contributed by atoms with Crippen LogP contribution in [0.15, 0.2) is 0 Å². The molecule has 0 aromatic rings. The van der Waals surface area contributed by atoms with Crippen LogP contribution in [0.25, 0.3) is 0 Å². The average molecular weight is 137 g/mol. The van der Waals surface area contributed by atoms with E-state index in [0.29, 0.717) is 6.54 Å². The lowest BCUT2D eigenvalue weighted by Gasteiger charge is -2.03. The van der Waals surface area contributed by atoms with Crippen LogP contribution in [0.3, 0.4) is 0 Å². The topological polar surface area (TPSA) is 49.3 Å². The number of nitrogens with one attached hydrogen (secondary N) is 1. The molecule has 0 amide bonds. The van der Waals surface area contributed by atoms with E-state index in [2.05, 4.69) is 5.09 Å². The zero-order valence-electron chi connectivity index (χ0n) is 5.22. The summed E-state index contributed by atoms with van der Waals surface area (Å²) in [5.41, 5.74) is 0. The smallest absolute Gasteiger partial charge is 0.264 e. The Morgan fingerprint density at radius 2 is 2.25 bits per heavy atom. The summed E-state index contributed by atoms with van der Waals surface area (Å²) in [6, 6.07) is 0. The lowest BCUT2D eigenvalue weighted by atomic mass is 10.5. The fraction of sp³-hybridized carbons (Fsp3) is 1.00. The van der Waals surface area contributed by atoms with Gasteiger partial charge in [-0.2, -0.15) is 0 Å². The van der Waals surface area contributed by atoms with E-state index in [0.717, 1.165) is 6.42 Å². The molecular formula is C4H12NO2P. The molecule has 0 fully saturated rings. The van der Waals surface area contributed by atoms with E-state index in [4.69, 9.17) is 4.89 Å². The summed E-state index contributed by atoms with van der Waals surface area (Å²) in [6.45, 7) is 3.86. The van der Waals surface area contributed by atoms with Gasteiger partial charge in [-0.1, -0.05) is 6.92 Å². The van der Waals surface area contributed by atoms with E-state index < -0.39 is 7.52 Å². The van der Waals surface area contributed by atoms with Crippen molar-refractivity contribution in [1.29, 1.82) is 0 Å². The first kappa shape index (κ1) is 8.15. The van der Waals surface area contributed by atoms with Gasteiger partial charge in [0.15, 0.2) is 0 Å². The zero-order chi connectivity index (χ0) is 6.62. The largest absolute Gasteiger partial charge is 0.333 e. The third-order valence-corrected chi connectivity index (χ3v) is 1.47. The Morgan fingerprint density at radius 1 is 1.75 bits per heavy atom.